The molecule has 2 aromatic carbocycles. The first-order valence-corrected chi connectivity index (χ1v) is 13.5. The van der Waals surface area contributed by atoms with Gasteiger partial charge >= 0.3 is 21.7 Å². The third-order valence-electron chi connectivity index (χ3n) is 6.95. The van der Waals surface area contributed by atoms with Crippen molar-refractivity contribution in [3.63, 3.8) is 0 Å². The van der Waals surface area contributed by atoms with Crippen LogP contribution in [0.4, 0.5) is 0 Å². The Balaban J connectivity index is 0.00000272. The molecule has 0 heterocycles. The minimum atomic E-state index is -2.43. The molecule has 2 aliphatic rings. The van der Waals surface area contributed by atoms with E-state index in [1.807, 2.05) is 0 Å². The molecule has 1 nitrogen and oxygen atoms in total. The summed E-state index contributed by atoms with van der Waals surface area (Å²) in [4.78, 5) is 5.84. The molecule has 0 saturated heterocycles. The summed E-state index contributed by atoms with van der Waals surface area (Å²) >= 11 is 0. The monoisotopic (exact) mass is 507 g/mol. The van der Waals surface area contributed by atoms with E-state index in [9.17, 15) is 0 Å². The molecule has 0 amide bonds. The molecule has 182 valence electrons. The van der Waals surface area contributed by atoms with Crippen molar-refractivity contribution >= 4 is 18.6 Å². The molecule has 4 unspecified atom stereocenters. The quantitative estimate of drug-likeness (QED) is 0.298. The average Bonchev–Trinajstić information content (AvgIpc) is 3.03. The summed E-state index contributed by atoms with van der Waals surface area (Å²) in [6.45, 7) is 13.7. The number of allylic oxidation sites excluding steroid dienone is 4. The Hall–Kier alpha value is -1.19. The molecule has 0 aliphatic heterocycles. The van der Waals surface area contributed by atoms with Gasteiger partial charge in [0, 0.05) is 8.24 Å². The first kappa shape index (κ1) is 32.8. The second kappa shape index (κ2) is 12.7. The largest absolute Gasteiger partial charge is 4.00 e. The van der Waals surface area contributed by atoms with Crippen LogP contribution in [0.5, 0.6) is 0 Å². The third-order valence-corrected chi connectivity index (χ3v) is 12.3. The van der Waals surface area contributed by atoms with Gasteiger partial charge in [0.05, 0.1) is 0 Å². The summed E-state index contributed by atoms with van der Waals surface area (Å²) in [7, 11) is -2.43. The van der Waals surface area contributed by atoms with Crippen molar-refractivity contribution in [1.82, 2.24) is 0 Å². The Morgan fingerprint density at radius 3 is 1.65 bits per heavy atom. The van der Waals surface area contributed by atoms with E-state index < -0.39 is 8.24 Å². The molecule has 1 fully saturated rings. The number of hydrogen-bond acceptors (Lipinski definition) is 0. The van der Waals surface area contributed by atoms with Gasteiger partial charge in [-0.25, -0.2) is 0 Å². The number of benzene rings is 2. The normalized spacial score (nSPS) is 23.0. The van der Waals surface area contributed by atoms with Gasteiger partial charge < -0.3 is 27.3 Å². The van der Waals surface area contributed by atoms with Gasteiger partial charge in [0.1, 0.15) is 0 Å². The van der Waals surface area contributed by atoms with Gasteiger partial charge in [0.15, 0.2) is 0 Å². The first-order chi connectivity index (χ1) is 14.2. The zero-order chi connectivity index (χ0) is 21.5. The maximum absolute atomic E-state index is 5.84. The molecule has 4 atom stereocenters. The van der Waals surface area contributed by atoms with Gasteiger partial charge in [0.25, 0.3) is 0 Å². The maximum Gasteiger partial charge on any atom is 4.00 e. The van der Waals surface area contributed by atoms with Crippen LogP contribution in [0, 0.1) is 53.9 Å². The van der Waals surface area contributed by atoms with Gasteiger partial charge in [-0.3, -0.25) is 0 Å². The van der Waals surface area contributed by atoms with E-state index in [0.717, 1.165) is 0 Å². The molecule has 0 radical (unpaired) electrons. The molecule has 0 aromatic heterocycles. The van der Waals surface area contributed by atoms with E-state index >= 15 is 0 Å². The average molecular weight is 508 g/mol. The maximum atomic E-state index is 5.84. The molecule has 3 heteroatoms. The Kier molecular flexibility index (Phi) is 12.2. The van der Waals surface area contributed by atoms with Gasteiger partial charge in [0.2, 0.25) is 0 Å². The van der Waals surface area contributed by atoms with Crippen molar-refractivity contribution in [2.75, 3.05) is 0 Å². The Morgan fingerprint density at radius 2 is 1.21 bits per heavy atom. The molecule has 0 bridgehead atoms. The summed E-state index contributed by atoms with van der Waals surface area (Å²) < 4.78 is 0. The smallest absolute Gasteiger partial charge is 0.652 e. The number of rotatable bonds is 4. The fourth-order valence-electron chi connectivity index (χ4n) is 5.84. The number of hydrogen-bond donors (Lipinski definition) is 0. The van der Waals surface area contributed by atoms with Gasteiger partial charge in [-0.2, -0.15) is 0 Å². The molecule has 2 aliphatic carbocycles. The Morgan fingerprint density at radius 1 is 0.765 bits per heavy atom. The van der Waals surface area contributed by atoms with E-state index in [1.54, 1.807) is 0 Å². The molecule has 0 spiro atoms. The molecule has 34 heavy (non-hydrogen) atoms. The summed E-state index contributed by atoms with van der Waals surface area (Å²) in [5.74, 6) is 1.87. The summed E-state index contributed by atoms with van der Waals surface area (Å²) in [5.41, 5.74) is 3.11. The van der Waals surface area contributed by atoms with Crippen LogP contribution in [0.1, 0.15) is 45.2 Å². The summed E-state index contributed by atoms with van der Waals surface area (Å²) in [6.07, 6.45) is 10.7. The topological polar surface area (TPSA) is 14.1 Å². The van der Waals surface area contributed by atoms with Crippen LogP contribution in [0.2, 0.25) is 5.54 Å². The van der Waals surface area contributed by atoms with Crippen LogP contribution >= 0.6 is 0 Å². The molecule has 1 saturated carbocycles. The van der Waals surface area contributed by atoms with E-state index in [4.69, 9.17) is 4.98 Å². The van der Waals surface area contributed by atoms with Crippen LogP contribution in [-0.4, -0.2) is 13.8 Å². The minimum Gasteiger partial charge on any atom is -0.652 e. The zero-order valence-corrected chi connectivity index (χ0v) is 25.5. The van der Waals surface area contributed by atoms with Crippen LogP contribution in [0.15, 0.2) is 72.8 Å². The standard InChI is InChI=1S/C28H36NSi.3CH3.Ti/c1-20-11-15-24(16-12-20)30(29-28(4,5)6,25-17-13-21(2)14-18-25)27-22(3)19-23-9-7-8-10-26(23)27;;;;/h7-18,22-23,26-27H,19H2,1-6H3;3*1H3;/q4*-1;+4. The van der Waals surface area contributed by atoms with Crippen LogP contribution in [0.25, 0.3) is 4.98 Å². The number of fused-ring (bicyclic) bond motifs is 1. The summed E-state index contributed by atoms with van der Waals surface area (Å²) in [5, 5.41) is 2.93. The fraction of sp³-hybridized carbons (Fsp3) is 0.387. The van der Waals surface area contributed by atoms with Crippen LogP contribution in [-0.2, 0) is 21.7 Å². The van der Waals surface area contributed by atoms with E-state index in [0.29, 0.717) is 23.3 Å². The fourth-order valence-corrected chi connectivity index (χ4v) is 11.6. The van der Waals surface area contributed by atoms with Gasteiger partial charge in [-0.1, -0.05) is 122 Å². The van der Waals surface area contributed by atoms with Gasteiger partial charge in [-0.05, 0) is 43.6 Å². The van der Waals surface area contributed by atoms with Crippen molar-refractivity contribution in [2.45, 2.75) is 59.0 Å². The van der Waals surface area contributed by atoms with E-state index in [-0.39, 0.29) is 49.5 Å². The predicted molar refractivity (Wildman–Crippen MR) is 153 cm³/mol. The van der Waals surface area contributed by atoms with Gasteiger partial charge in [-0.15, -0.1) is 5.54 Å². The van der Waals surface area contributed by atoms with Crippen molar-refractivity contribution in [3.05, 3.63) is 111 Å². The van der Waals surface area contributed by atoms with E-state index in [2.05, 4.69) is 114 Å². The molecule has 0 N–H and O–H groups in total. The SMILES string of the molecule is Cc1ccc([Si]([N-]C(C)(C)C)(c2ccc(C)cc2)C2C(C)CC3C=CC=CC32)cc1.[CH3-].[CH3-].[CH3-].[Ti+4]. The van der Waals surface area contributed by atoms with Crippen molar-refractivity contribution in [3.8, 4) is 0 Å². The Bertz CT molecular complexity index is 891. The first-order valence-electron chi connectivity index (χ1n) is 11.4. The molecule has 2 aromatic rings. The minimum absolute atomic E-state index is 0. The Labute approximate surface area is 227 Å². The number of nitrogens with zero attached hydrogens (tertiary/aromatic N) is 1. The third kappa shape index (κ3) is 6.32. The van der Waals surface area contributed by atoms with Crippen molar-refractivity contribution < 1.29 is 21.7 Å². The second-order valence-electron chi connectivity index (χ2n) is 10.5. The molecular weight excluding hydrogens is 462 g/mol. The molecule has 4 rings (SSSR count). The van der Waals surface area contributed by atoms with E-state index in [1.165, 1.54) is 27.9 Å². The van der Waals surface area contributed by atoms with Crippen LogP contribution < -0.4 is 10.4 Å². The molecular formula is C31H45NSiTi. The van der Waals surface area contributed by atoms with Crippen molar-refractivity contribution in [2.24, 2.45) is 17.8 Å². The zero-order valence-electron chi connectivity index (χ0n) is 22.9. The summed E-state index contributed by atoms with van der Waals surface area (Å²) in [6, 6.07) is 18.7. The second-order valence-corrected chi connectivity index (χ2v) is 14.1. The predicted octanol–water partition coefficient (Wildman–Crippen LogP) is 7.65. The number of aryl methyl sites for hydroxylation is 2. The van der Waals surface area contributed by atoms with Crippen molar-refractivity contribution in [1.29, 1.82) is 0 Å². The van der Waals surface area contributed by atoms with Crippen LogP contribution in [0.3, 0.4) is 0 Å².